The number of fused-ring (bicyclic) bond motifs is 1. The third kappa shape index (κ3) is 7.40. The molecule has 29 heavy (non-hydrogen) atoms. The Morgan fingerprint density at radius 3 is 2.62 bits per heavy atom. The molecule has 0 bridgehead atoms. The maximum absolute atomic E-state index is 5.91. The molecule has 0 spiro atoms. The van der Waals surface area contributed by atoms with Gasteiger partial charge in [-0.15, -0.1) is 24.0 Å². The van der Waals surface area contributed by atoms with E-state index in [0.717, 1.165) is 36.6 Å². The normalized spacial score (nSPS) is 14.3. The Morgan fingerprint density at radius 2 is 1.86 bits per heavy atom. The number of anilines is 1. The van der Waals surface area contributed by atoms with Crippen molar-refractivity contribution in [3.05, 3.63) is 54.1 Å². The van der Waals surface area contributed by atoms with E-state index in [1.54, 1.807) is 7.05 Å². The molecular formula is C22H30IN3O3. The van der Waals surface area contributed by atoms with Crippen LogP contribution in [0.15, 0.2) is 53.5 Å². The van der Waals surface area contributed by atoms with Crippen LogP contribution in [0, 0.1) is 0 Å². The summed E-state index contributed by atoms with van der Waals surface area (Å²) in [7, 11) is 1.76. The van der Waals surface area contributed by atoms with Crippen LogP contribution < -0.4 is 20.1 Å². The van der Waals surface area contributed by atoms with E-state index in [1.807, 2.05) is 36.4 Å². The van der Waals surface area contributed by atoms with E-state index in [9.17, 15) is 0 Å². The lowest BCUT2D eigenvalue weighted by Crippen LogP contribution is -2.32. The van der Waals surface area contributed by atoms with Gasteiger partial charge >= 0.3 is 0 Å². The smallest absolute Gasteiger partial charge is 0.195 e. The lowest BCUT2D eigenvalue weighted by molar-refractivity contribution is 0.0646. The first-order chi connectivity index (χ1) is 13.8. The second-order valence-corrected chi connectivity index (χ2v) is 6.61. The maximum Gasteiger partial charge on any atom is 0.195 e. The zero-order valence-electron chi connectivity index (χ0n) is 17.0. The van der Waals surface area contributed by atoms with E-state index in [-0.39, 0.29) is 30.1 Å². The third-order valence-electron chi connectivity index (χ3n) is 4.48. The number of ether oxygens (including phenoxy) is 3. The van der Waals surface area contributed by atoms with Gasteiger partial charge in [0.2, 0.25) is 0 Å². The van der Waals surface area contributed by atoms with Crippen molar-refractivity contribution in [1.82, 2.24) is 5.32 Å². The van der Waals surface area contributed by atoms with Crippen LogP contribution in [-0.4, -0.2) is 39.4 Å². The van der Waals surface area contributed by atoms with Crippen LogP contribution in [0.1, 0.15) is 31.4 Å². The van der Waals surface area contributed by atoms with Gasteiger partial charge in [0.1, 0.15) is 0 Å². The lowest BCUT2D eigenvalue weighted by atomic mass is 10.1. The summed E-state index contributed by atoms with van der Waals surface area (Å²) in [6, 6.07) is 16.1. The molecule has 1 atom stereocenters. The first-order valence-corrected chi connectivity index (χ1v) is 9.80. The molecule has 1 aliphatic heterocycles. The van der Waals surface area contributed by atoms with Crippen molar-refractivity contribution in [3.63, 3.8) is 0 Å². The van der Waals surface area contributed by atoms with Gasteiger partial charge in [-0.2, -0.15) is 0 Å². The molecule has 6 nitrogen and oxygen atoms in total. The van der Waals surface area contributed by atoms with Crippen LogP contribution in [0.25, 0.3) is 0 Å². The first kappa shape index (κ1) is 23.3. The molecule has 0 saturated heterocycles. The highest BCUT2D eigenvalue weighted by Crippen LogP contribution is 2.32. The zero-order valence-corrected chi connectivity index (χ0v) is 19.3. The van der Waals surface area contributed by atoms with Crippen molar-refractivity contribution >= 4 is 35.6 Å². The number of hydrogen-bond donors (Lipinski definition) is 2. The van der Waals surface area contributed by atoms with Crippen LogP contribution >= 0.6 is 24.0 Å². The molecule has 3 rings (SSSR count). The van der Waals surface area contributed by atoms with E-state index < -0.39 is 0 Å². The molecule has 0 radical (unpaired) electrons. The maximum atomic E-state index is 5.91. The van der Waals surface area contributed by atoms with Crippen molar-refractivity contribution in [2.24, 2.45) is 4.99 Å². The fourth-order valence-corrected chi connectivity index (χ4v) is 2.92. The van der Waals surface area contributed by atoms with Crippen molar-refractivity contribution in [1.29, 1.82) is 0 Å². The Bertz CT molecular complexity index is 771. The number of guanidine groups is 1. The number of halogens is 1. The fraction of sp³-hybridized carbons (Fsp3) is 0.409. The highest BCUT2D eigenvalue weighted by Gasteiger charge is 2.11. The first-order valence-electron chi connectivity index (χ1n) is 9.80. The van der Waals surface area contributed by atoms with Gasteiger partial charge in [0.05, 0.1) is 19.3 Å². The summed E-state index contributed by atoms with van der Waals surface area (Å²) in [4.78, 5) is 4.28. The summed E-state index contributed by atoms with van der Waals surface area (Å²) in [6.45, 7) is 4.89. The van der Waals surface area contributed by atoms with Gasteiger partial charge in [-0.1, -0.05) is 30.3 Å². The SMILES string of the molecule is CN=C(NCCCOC(C)c1ccccc1)Nc1ccc2c(c1)OCCCO2.I. The highest BCUT2D eigenvalue weighted by atomic mass is 127. The van der Waals surface area contributed by atoms with Crippen LogP contribution in [-0.2, 0) is 4.74 Å². The number of rotatable bonds is 7. The molecule has 0 fully saturated rings. The van der Waals surface area contributed by atoms with Crippen LogP contribution in [0.4, 0.5) is 5.69 Å². The molecule has 1 aliphatic rings. The minimum absolute atomic E-state index is 0. The predicted octanol–water partition coefficient (Wildman–Crippen LogP) is 4.62. The average molecular weight is 511 g/mol. The molecule has 0 aliphatic carbocycles. The molecule has 158 valence electrons. The van der Waals surface area contributed by atoms with Gasteiger partial charge in [-0.25, -0.2) is 0 Å². The second-order valence-electron chi connectivity index (χ2n) is 6.61. The Morgan fingerprint density at radius 1 is 1.10 bits per heavy atom. The van der Waals surface area contributed by atoms with Crippen molar-refractivity contribution < 1.29 is 14.2 Å². The minimum atomic E-state index is 0. The van der Waals surface area contributed by atoms with Crippen molar-refractivity contribution in [2.45, 2.75) is 25.9 Å². The Balaban J connectivity index is 0.00000300. The number of aliphatic imine (C=N–C) groups is 1. The number of hydrogen-bond acceptors (Lipinski definition) is 4. The average Bonchev–Trinajstić information content (AvgIpc) is 2.98. The van der Waals surface area contributed by atoms with Crippen molar-refractivity contribution in [2.75, 3.05) is 38.7 Å². The monoisotopic (exact) mass is 511 g/mol. The molecule has 2 aromatic carbocycles. The standard InChI is InChI=1S/C22H29N3O3.HI/c1-17(18-8-4-3-5-9-18)26-13-6-12-24-22(23-2)25-19-10-11-20-21(16-19)28-15-7-14-27-20;/h3-5,8-11,16-17H,6-7,12-15H2,1-2H3,(H2,23,24,25);1H. The Labute approximate surface area is 190 Å². The molecule has 0 amide bonds. The number of nitrogens with one attached hydrogen (secondary N) is 2. The zero-order chi connectivity index (χ0) is 19.6. The summed E-state index contributed by atoms with van der Waals surface area (Å²) >= 11 is 0. The molecule has 2 N–H and O–H groups in total. The molecule has 2 aromatic rings. The quantitative estimate of drug-likeness (QED) is 0.246. The summed E-state index contributed by atoms with van der Waals surface area (Å²) in [6.07, 6.45) is 1.88. The number of nitrogens with zero attached hydrogens (tertiary/aromatic N) is 1. The molecular weight excluding hydrogens is 481 g/mol. The van der Waals surface area contributed by atoms with Gasteiger partial charge in [-0.05, 0) is 31.0 Å². The number of benzene rings is 2. The Kier molecular flexibility index (Phi) is 10.1. The molecule has 0 aromatic heterocycles. The van der Waals surface area contributed by atoms with Gasteiger partial charge in [-0.3, -0.25) is 4.99 Å². The summed E-state index contributed by atoms with van der Waals surface area (Å²) in [5.41, 5.74) is 2.11. The van der Waals surface area contributed by atoms with E-state index in [0.29, 0.717) is 25.8 Å². The molecule has 1 heterocycles. The Hall–Kier alpha value is -2.00. The minimum Gasteiger partial charge on any atom is -0.490 e. The molecule has 0 saturated carbocycles. The predicted molar refractivity (Wildman–Crippen MR) is 128 cm³/mol. The molecule has 7 heteroatoms. The largest absolute Gasteiger partial charge is 0.490 e. The van der Waals surface area contributed by atoms with Crippen LogP contribution in [0.2, 0.25) is 0 Å². The van der Waals surface area contributed by atoms with Crippen molar-refractivity contribution in [3.8, 4) is 11.5 Å². The van der Waals surface area contributed by atoms with Gasteiger partial charge < -0.3 is 24.8 Å². The van der Waals surface area contributed by atoms with Gasteiger partial charge in [0.15, 0.2) is 17.5 Å². The summed E-state index contributed by atoms with van der Waals surface area (Å²) in [5.74, 6) is 2.27. The summed E-state index contributed by atoms with van der Waals surface area (Å²) < 4.78 is 17.3. The summed E-state index contributed by atoms with van der Waals surface area (Å²) in [5, 5.41) is 6.60. The topological polar surface area (TPSA) is 64.1 Å². The van der Waals surface area contributed by atoms with Crippen LogP contribution in [0.5, 0.6) is 11.5 Å². The van der Waals surface area contributed by atoms with Gasteiger partial charge in [0.25, 0.3) is 0 Å². The van der Waals surface area contributed by atoms with Gasteiger partial charge in [0, 0.05) is 38.4 Å². The second kappa shape index (κ2) is 12.5. The van der Waals surface area contributed by atoms with E-state index >= 15 is 0 Å². The third-order valence-corrected chi connectivity index (χ3v) is 4.48. The fourth-order valence-electron chi connectivity index (χ4n) is 2.92. The lowest BCUT2D eigenvalue weighted by Gasteiger charge is -2.15. The van der Waals surface area contributed by atoms with E-state index in [1.165, 1.54) is 5.56 Å². The highest BCUT2D eigenvalue weighted by molar-refractivity contribution is 14.0. The van der Waals surface area contributed by atoms with E-state index in [2.05, 4.69) is 34.7 Å². The van der Waals surface area contributed by atoms with Crippen LogP contribution in [0.3, 0.4) is 0 Å². The van der Waals surface area contributed by atoms with E-state index in [4.69, 9.17) is 14.2 Å². The molecule has 1 unspecified atom stereocenters.